The molecule has 0 bridgehead atoms. The van der Waals surface area contributed by atoms with Gasteiger partial charge in [0.2, 0.25) is 0 Å². The maximum absolute atomic E-state index is 4.08. The SMILES string of the molecule is Brc1cncc2[nH]cnc12.Cl. The molecule has 0 aliphatic carbocycles. The molecule has 0 radical (unpaired) electrons. The van der Waals surface area contributed by atoms with Crippen molar-refractivity contribution >= 4 is 39.4 Å². The summed E-state index contributed by atoms with van der Waals surface area (Å²) < 4.78 is 0.922. The van der Waals surface area contributed by atoms with Crippen LogP contribution in [0.15, 0.2) is 23.2 Å². The second-order valence-electron chi connectivity index (χ2n) is 1.92. The number of imidazole rings is 1. The summed E-state index contributed by atoms with van der Waals surface area (Å²) in [5.74, 6) is 0. The van der Waals surface area contributed by atoms with E-state index in [9.17, 15) is 0 Å². The molecule has 1 N–H and O–H groups in total. The van der Waals surface area contributed by atoms with E-state index in [1.54, 1.807) is 18.7 Å². The van der Waals surface area contributed by atoms with Crippen LogP contribution < -0.4 is 0 Å². The van der Waals surface area contributed by atoms with Gasteiger partial charge >= 0.3 is 0 Å². The van der Waals surface area contributed by atoms with Crippen LogP contribution in [-0.2, 0) is 0 Å². The van der Waals surface area contributed by atoms with Gasteiger partial charge < -0.3 is 4.98 Å². The standard InChI is InChI=1S/C6H4BrN3.ClH/c7-4-1-8-2-5-6(4)10-3-9-5;/h1-3H,(H,9,10);1H. The molecule has 0 aliphatic heterocycles. The van der Waals surface area contributed by atoms with E-state index >= 15 is 0 Å². The number of nitrogens with one attached hydrogen (secondary N) is 1. The summed E-state index contributed by atoms with van der Waals surface area (Å²) in [6.07, 6.45) is 5.12. The van der Waals surface area contributed by atoms with Gasteiger partial charge in [0.05, 0.1) is 22.5 Å². The van der Waals surface area contributed by atoms with Gasteiger partial charge in [-0.1, -0.05) is 0 Å². The number of aromatic amines is 1. The summed E-state index contributed by atoms with van der Waals surface area (Å²) in [6.45, 7) is 0. The topological polar surface area (TPSA) is 41.6 Å². The van der Waals surface area contributed by atoms with Gasteiger partial charge in [-0.2, -0.15) is 0 Å². The molecule has 58 valence electrons. The lowest BCUT2D eigenvalue weighted by atomic mass is 10.4. The van der Waals surface area contributed by atoms with Crippen molar-refractivity contribution in [2.24, 2.45) is 0 Å². The third kappa shape index (κ3) is 1.36. The number of hydrogen-bond acceptors (Lipinski definition) is 2. The zero-order valence-corrected chi connectivity index (χ0v) is 7.82. The van der Waals surface area contributed by atoms with Crippen molar-refractivity contribution in [3.8, 4) is 0 Å². The number of fused-ring (bicyclic) bond motifs is 1. The zero-order chi connectivity index (χ0) is 6.97. The zero-order valence-electron chi connectivity index (χ0n) is 5.41. The lowest BCUT2D eigenvalue weighted by Gasteiger charge is -1.87. The highest BCUT2D eigenvalue weighted by Gasteiger charge is 1.98. The molecule has 3 nitrogen and oxygen atoms in total. The van der Waals surface area contributed by atoms with E-state index in [1.165, 1.54) is 0 Å². The van der Waals surface area contributed by atoms with Gasteiger partial charge in [-0.3, -0.25) is 4.98 Å². The van der Waals surface area contributed by atoms with Crippen molar-refractivity contribution in [2.45, 2.75) is 0 Å². The summed E-state index contributed by atoms with van der Waals surface area (Å²) in [7, 11) is 0. The Morgan fingerprint density at radius 3 is 2.91 bits per heavy atom. The molecule has 0 aliphatic rings. The molecule has 11 heavy (non-hydrogen) atoms. The van der Waals surface area contributed by atoms with Gasteiger partial charge in [0.15, 0.2) is 0 Å². The first kappa shape index (κ1) is 8.49. The Morgan fingerprint density at radius 2 is 2.18 bits per heavy atom. The minimum atomic E-state index is 0. The molecule has 0 atom stereocenters. The van der Waals surface area contributed by atoms with E-state index in [2.05, 4.69) is 30.9 Å². The number of hydrogen-bond donors (Lipinski definition) is 1. The summed E-state index contributed by atoms with van der Waals surface area (Å²) in [6, 6.07) is 0. The van der Waals surface area contributed by atoms with Crippen LogP contribution in [0.2, 0.25) is 0 Å². The van der Waals surface area contributed by atoms with E-state index < -0.39 is 0 Å². The molecular weight excluding hydrogens is 229 g/mol. The van der Waals surface area contributed by atoms with Crippen molar-refractivity contribution < 1.29 is 0 Å². The molecule has 2 heterocycles. The number of rotatable bonds is 0. The van der Waals surface area contributed by atoms with Crippen LogP contribution in [0.3, 0.4) is 0 Å². The summed E-state index contributed by atoms with van der Waals surface area (Å²) in [5, 5.41) is 0. The van der Waals surface area contributed by atoms with Gasteiger partial charge in [-0.25, -0.2) is 4.98 Å². The molecule has 5 heteroatoms. The van der Waals surface area contributed by atoms with Crippen LogP contribution in [0.1, 0.15) is 0 Å². The highest BCUT2D eigenvalue weighted by molar-refractivity contribution is 9.10. The van der Waals surface area contributed by atoms with Gasteiger partial charge in [0.1, 0.15) is 5.52 Å². The minimum Gasteiger partial charge on any atom is -0.343 e. The molecule has 2 aromatic rings. The van der Waals surface area contributed by atoms with Crippen molar-refractivity contribution in [3.63, 3.8) is 0 Å². The Hall–Kier alpha value is -0.610. The number of H-pyrrole nitrogens is 1. The Bertz CT molecular complexity index is 359. The number of pyridine rings is 1. The van der Waals surface area contributed by atoms with E-state index in [-0.39, 0.29) is 12.4 Å². The largest absolute Gasteiger partial charge is 0.343 e. The third-order valence-corrected chi connectivity index (χ3v) is 1.87. The van der Waals surface area contributed by atoms with Crippen molar-refractivity contribution in [1.82, 2.24) is 15.0 Å². The Balaban J connectivity index is 0.000000605. The first-order chi connectivity index (χ1) is 4.88. The fourth-order valence-corrected chi connectivity index (χ4v) is 1.27. The van der Waals surface area contributed by atoms with Crippen molar-refractivity contribution in [3.05, 3.63) is 23.2 Å². The minimum absolute atomic E-state index is 0. The van der Waals surface area contributed by atoms with Crippen molar-refractivity contribution in [2.75, 3.05) is 0 Å². The van der Waals surface area contributed by atoms with Gasteiger partial charge in [0.25, 0.3) is 0 Å². The van der Waals surface area contributed by atoms with E-state index in [0.717, 1.165) is 15.5 Å². The summed E-state index contributed by atoms with van der Waals surface area (Å²) >= 11 is 3.33. The van der Waals surface area contributed by atoms with Crippen LogP contribution in [0.25, 0.3) is 11.0 Å². The Kier molecular flexibility index (Phi) is 2.46. The maximum atomic E-state index is 4.08. The highest BCUT2D eigenvalue weighted by atomic mass is 79.9. The van der Waals surface area contributed by atoms with Crippen LogP contribution in [0.4, 0.5) is 0 Å². The average molecular weight is 234 g/mol. The van der Waals surface area contributed by atoms with E-state index in [4.69, 9.17) is 0 Å². The number of nitrogens with zero attached hydrogens (tertiary/aromatic N) is 2. The summed E-state index contributed by atoms with van der Waals surface area (Å²) in [4.78, 5) is 11.0. The normalized spacial score (nSPS) is 9.55. The lowest BCUT2D eigenvalue weighted by molar-refractivity contribution is 1.32. The molecular formula is C6H5BrClN3. The van der Waals surface area contributed by atoms with E-state index in [1.807, 2.05) is 0 Å². The number of halogens is 2. The average Bonchev–Trinajstić information content (AvgIpc) is 2.36. The Morgan fingerprint density at radius 1 is 1.36 bits per heavy atom. The van der Waals surface area contributed by atoms with Crippen molar-refractivity contribution in [1.29, 1.82) is 0 Å². The van der Waals surface area contributed by atoms with Gasteiger partial charge in [-0.15, -0.1) is 12.4 Å². The van der Waals surface area contributed by atoms with Gasteiger partial charge in [-0.05, 0) is 15.9 Å². The third-order valence-electron chi connectivity index (χ3n) is 1.29. The molecule has 0 saturated heterocycles. The molecule has 0 saturated carbocycles. The Labute approximate surface area is 77.8 Å². The maximum Gasteiger partial charge on any atom is 0.106 e. The molecule has 0 amide bonds. The number of aromatic nitrogens is 3. The molecule has 0 spiro atoms. The fourth-order valence-electron chi connectivity index (χ4n) is 0.831. The van der Waals surface area contributed by atoms with Gasteiger partial charge in [0, 0.05) is 6.20 Å². The molecule has 2 rings (SSSR count). The van der Waals surface area contributed by atoms with E-state index in [0.29, 0.717) is 0 Å². The second-order valence-corrected chi connectivity index (χ2v) is 2.77. The first-order valence-electron chi connectivity index (χ1n) is 2.80. The molecule has 0 unspecified atom stereocenters. The van der Waals surface area contributed by atoms with Crippen LogP contribution >= 0.6 is 28.3 Å². The van der Waals surface area contributed by atoms with Crippen LogP contribution in [0.5, 0.6) is 0 Å². The first-order valence-corrected chi connectivity index (χ1v) is 3.60. The quantitative estimate of drug-likeness (QED) is 0.759. The van der Waals surface area contributed by atoms with Crippen LogP contribution in [0, 0.1) is 0 Å². The molecule has 0 aromatic carbocycles. The smallest absolute Gasteiger partial charge is 0.106 e. The molecule has 0 fully saturated rings. The predicted octanol–water partition coefficient (Wildman–Crippen LogP) is 2.14. The van der Waals surface area contributed by atoms with Crippen LogP contribution in [-0.4, -0.2) is 15.0 Å². The second kappa shape index (κ2) is 3.19. The predicted molar refractivity (Wildman–Crippen MR) is 48.8 cm³/mol. The fraction of sp³-hybridized carbons (Fsp3) is 0. The summed E-state index contributed by atoms with van der Waals surface area (Å²) in [5.41, 5.74) is 1.88. The monoisotopic (exact) mass is 233 g/mol. The highest BCUT2D eigenvalue weighted by Crippen LogP contribution is 2.17. The lowest BCUT2D eigenvalue weighted by Crippen LogP contribution is -1.74. The molecule has 2 aromatic heterocycles.